The molecule has 0 spiro atoms. The van der Waals surface area contributed by atoms with E-state index in [1.807, 2.05) is 13.8 Å². The lowest BCUT2D eigenvalue weighted by Crippen LogP contribution is -2.32. The van der Waals surface area contributed by atoms with Crippen molar-refractivity contribution >= 4 is 17.4 Å². The van der Waals surface area contributed by atoms with Crippen molar-refractivity contribution in [3.63, 3.8) is 0 Å². The molecule has 0 aliphatic rings. The van der Waals surface area contributed by atoms with E-state index in [1.54, 1.807) is 23.9 Å². The zero-order valence-electron chi connectivity index (χ0n) is 12.6. The number of nitrogens with one attached hydrogen (secondary N) is 2. The summed E-state index contributed by atoms with van der Waals surface area (Å²) in [6, 6.07) is 4.58. The van der Waals surface area contributed by atoms with Crippen LogP contribution in [0, 0.1) is 11.6 Å². The molecule has 0 radical (unpaired) electrons. The fraction of sp³-hybridized carbons (Fsp3) is 0.333. The molecule has 0 aliphatic carbocycles. The Kier molecular flexibility index (Phi) is 4.75. The van der Waals surface area contributed by atoms with Gasteiger partial charge in [0.15, 0.2) is 11.6 Å². The summed E-state index contributed by atoms with van der Waals surface area (Å²) in [5.41, 5.74) is 0.332. The van der Waals surface area contributed by atoms with Gasteiger partial charge in [0.05, 0.1) is 6.20 Å². The van der Waals surface area contributed by atoms with Gasteiger partial charge in [-0.3, -0.25) is 4.79 Å². The SMILES string of the molecule is CC(Nc1ccc(F)c(F)c1)C(=O)Nc1ccnn1C(C)C. The second-order valence-corrected chi connectivity index (χ2v) is 5.24. The largest absolute Gasteiger partial charge is 0.374 e. The third-order valence-corrected chi connectivity index (χ3v) is 3.11. The van der Waals surface area contributed by atoms with Gasteiger partial charge in [0, 0.05) is 23.9 Å². The molecule has 2 rings (SSSR count). The van der Waals surface area contributed by atoms with E-state index in [1.165, 1.54) is 6.07 Å². The van der Waals surface area contributed by atoms with Gasteiger partial charge in [0.25, 0.3) is 0 Å². The number of aromatic nitrogens is 2. The molecule has 0 bridgehead atoms. The molecule has 2 N–H and O–H groups in total. The average molecular weight is 308 g/mol. The molecule has 2 aromatic rings. The first kappa shape index (κ1) is 15.9. The molecule has 0 saturated carbocycles. The fourth-order valence-electron chi connectivity index (χ4n) is 1.96. The van der Waals surface area contributed by atoms with E-state index in [-0.39, 0.29) is 11.9 Å². The van der Waals surface area contributed by atoms with Crippen LogP contribution in [0.1, 0.15) is 26.8 Å². The third kappa shape index (κ3) is 3.60. The van der Waals surface area contributed by atoms with E-state index in [0.29, 0.717) is 11.5 Å². The molecule has 118 valence electrons. The standard InChI is InChI=1S/C15H18F2N4O/c1-9(2)21-14(6-7-18-21)20-15(22)10(3)19-11-4-5-12(16)13(17)8-11/h4-10,19H,1-3H3,(H,20,22). The van der Waals surface area contributed by atoms with Gasteiger partial charge in [-0.15, -0.1) is 0 Å². The van der Waals surface area contributed by atoms with Gasteiger partial charge in [0.2, 0.25) is 5.91 Å². The van der Waals surface area contributed by atoms with Crippen LogP contribution in [0.25, 0.3) is 0 Å². The first-order valence-corrected chi connectivity index (χ1v) is 6.94. The zero-order valence-corrected chi connectivity index (χ0v) is 12.6. The van der Waals surface area contributed by atoms with Gasteiger partial charge in [0.1, 0.15) is 11.9 Å². The Morgan fingerprint density at radius 3 is 2.55 bits per heavy atom. The van der Waals surface area contributed by atoms with E-state index in [2.05, 4.69) is 15.7 Å². The van der Waals surface area contributed by atoms with E-state index < -0.39 is 17.7 Å². The van der Waals surface area contributed by atoms with Crippen LogP contribution in [-0.2, 0) is 4.79 Å². The van der Waals surface area contributed by atoms with Crippen molar-refractivity contribution in [3.05, 3.63) is 42.1 Å². The van der Waals surface area contributed by atoms with Crippen LogP contribution >= 0.6 is 0 Å². The van der Waals surface area contributed by atoms with Gasteiger partial charge in [-0.25, -0.2) is 13.5 Å². The van der Waals surface area contributed by atoms with E-state index in [0.717, 1.165) is 12.1 Å². The average Bonchev–Trinajstić information content (AvgIpc) is 2.91. The van der Waals surface area contributed by atoms with Crippen molar-refractivity contribution in [2.75, 3.05) is 10.6 Å². The molecule has 1 aromatic heterocycles. The topological polar surface area (TPSA) is 59.0 Å². The molecular formula is C15H18F2N4O. The third-order valence-electron chi connectivity index (χ3n) is 3.11. The summed E-state index contributed by atoms with van der Waals surface area (Å²) >= 11 is 0. The highest BCUT2D eigenvalue weighted by Crippen LogP contribution is 2.16. The minimum Gasteiger partial charge on any atom is -0.374 e. The van der Waals surface area contributed by atoms with Crippen LogP contribution in [0.2, 0.25) is 0 Å². The van der Waals surface area contributed by atoms with Crippen molar-refractivity contribution in [1.29, 1.82) is 0 Å². The Bertz CT molecular complexity index is 669. The molecule has 22 heavy (non-hydrogen) atoms. The second-order valence-electron chi connectivity index (χ2n) is 5.24. The summed E-state index contributed by atoms with van der Waals surface area (Å²) in [5, 5.41) is 9.70. The summed E-state index contributed by atoms with van der Waals surface area (Å²) in [6.45, 7) is 5.53. The summed E-state index contributed by atoms with van der Waals surface area (Å²) in [7, 11) is 0. The van der Waals surface area contributed by atoms with Gasteiger partial charge >= 0.3 is 0 Å². The fourth-order valence-corrected chi connectivity index (χ4v) is 1.96. The van der Waals surface area contributed by atoms with Crippen LogP contribution in [0.3, 0.4) is 0 Å². The molecule has 0 saturated heterocycles. The lowest BCUT2D eigenvalue weighted by atomic mass is 10.2. The minimum absolute atomic E-state index is 0.111. The van der Waals surface area contributed by atoms with Crippen LogP contribution < -0.4 is 10.6 Å². The molecule has 1 aromatic carbocycles. The summed E-state index contributed by atoms with van der Waals surface area (Å²) in [6.07, 6.45) is 1.60. The number of carbonyl (C=O) groups excluding carboxylic acids is 1. The lowest BCUT2D eigenvalue weighted by Gasteiger charge is -2.17. The minimum atomic E-state index is -0.963. The highest BCUT2D eigenvalue weighted by Gasteiger charge is 2.16. The van der Waals surface area contributed by atoms with Crippen LogP contribution in [-0.4, -0.2) is 21.7 Å². The Morgan fingerprint density at radius 1 is 1.18 bits per heavy atom. The lowest BCUT2D eigenvalue weighted by molar-refractivity contribution is -0.116. The number of hydrogen-bond donors (Lipinski definition) is 2. The molecule has 5 nitrogen and oxygen atoms in total. The molecular weight excluding hydrogens is 290 g/mol. The molecule has 1 heterocycles. The zero-order chi connectivity index (χ0) is 16.3. The number of anilines is 2. The maximum Gasteiger partial charge on any atom is 0.247 e. The predicted molar refractivity (Wildman–Crippen MR) is 80.7 cm³/mol. The van der Waals surface area contributed by atoms with Crippen molar-refractivity contribution in [1.82, 2.24) is 9.78 Å². The number of rotatable bonds is 5. The van der Waals surface area contributed by atoms with Crippen molar-refractivity contribution in [2.45, 2.75) is 32.9 Å². The van der Waals surface area contributed by atoms with Gasteiger partial charge in [-0.1, -0.05) is 0 Å². The molecule has 0 fully saturated rings. The van der Waals surface area contributed by atoms with E-state index >= 15 is 0 Å². The predicted octanol–water partition coefficient (Wildman–Crippen LogP) is 3.18. The molecule has 1 unspecified atom stereocenters. The van der Waals surface area contributed by atoms with Gasteiger partial charge in [-0.05, 0) is 32.9 Å². The van der Waals surface area contributed by atoms with Crippen molar-refractivity contribution in [3.8, 4) is 0 Å². The van der Waals surface area contributed by atoms with Crippen LogP contribution in [0.5, 0.6) is 0 Å². The number of amides is 1. The number of benzene rings is 1. The first-order valence-electron chi connectivity index (χ1n) is 6.94. The van der Waals surface area contributed by atoms with Crippen LogP contribution in [0.4, 0.5) is 20.3 Å². The first-order chi connectivity index (χ1) is 10.4. The molecule has 0 aliphatic heterocycles. The highest BCUT2D eigenvalue weighted by atomic mass is 19.2. The second kappa shape index (κ2) is 6.55. The summed E-state index contributed by atoms with van der Waals surface area (Å²) in [5.74, 6) is -1.61. The number of halogens is 2. The highest BCUT2D eigenvalue weighted by molar-refractivity contribution is 5.95. The van der Waals surface area contributed by atoms with Gasteiger partial charge in [-0.2, -0.15) is 5.10 Å². The van der Waals surface area contributed by atoms with Crippen LogP contribution in [0.15, 0.2) is 30.5 Å². The Morgan fingerprint density at radius 2 is 1.91 bits per heavy atom. The number of nitrogens with zero attached hydrogens (tertiary/aromatic N) is 2. The van der Waals surface area contributed by atoms with Gasteiger partial charge < -0.3 is 10.6 Å². The Labute approximate surface area is 127 Å². The van der Waals surface area contributed by atoms with Crippen molar-refractivity contribution in [2.24, 2.45) is 0 Å². The Balaban J connectivity index is 2.02. The number of hydrogen-bond acceptors (Lipinski definition) is 3. The maximum atomic E-state index is 13.2. The molecule has 1 amide bonds. The Hall–Kier alpha value is -2.44. The van der Waals surface area contributed by atoms with E-state index in [4.69, 9.17) is 0 Å². The smallest absolute Gasteiger partial charge is 0.247 e. The maximum absolute atomic E-state index is 13.2. The number of carbonyl (C=O) groups is 1. The molecule has 7 heteroatoms. The summed E-state index contributed by atoms with van der Waals surface area (Å²) < 4.78 is 27.7. The summed E-state index contributed by atoms with van der Waals surface area (Å²) in [4.78, 5) is 12.2. The quantitative estimate of drug-likeness (QED) is 0.892. The molecule has 1 atom stereocenters. The van der Waals surface area contributed by atoms with E-state index in [9.17, 15) is 13.6 Å². The van der Waals surface area contributed by atoms with Crippen molar-refractivity contribution < 1.29 is 13.6 Å². The monoisotopic (exact) mass is 308 g/mol. The normalized spacial score (nSPS) is 12.3.